The summed E-state index contributed by atoms with van der Waals surface area (Å²) >= 11 is 0. The lowest BCUT2D eigenvalue weighted by Gasteiger charge is -2.48. The Morgan fingerprint density at radius 2 is 1.58 bits per heavy atom. The smallest absolute Gasteiger partial charge is 0.225 e. The number of rotatable bonds is 8. The minimum Gasteiger partial charge on any atom is -0.412 e. The van der Waals surface area contributed by atoms with E-state index in [-0.39, 0.29) is 59.7 Å². The molecule has 0 aliphatic carbocycles. The Balaban J connectivity index is 0.00000729. The lowest BCUT2D eigenvalue weighted by Crippen LogP contribution is -2.60. The number of methoxy groups -OCH3 is 1. The van der Waals surface area contributed by atoms with E-state index in [0.29, 0.717) is 25.7 Å². The topological polar surface area (TPSA) is 160 Å². The first kappa shape index (κ1) is 45.5. The molecule has 4 aliphatic heterocycles. The number of likely N-dealkylation sites (N-methyl/N-ethyl adjacent to an activating group) is 1. The second-order valence-corrected chi connectivity index (χ2v) is 18.3. The van der Waals surface area contributed by atoms with Crippen LogP contribution in [0, 0.1) is 29.1 Å². The molecule has 4 rings (SSSR count). The maximum absolute atomic E-state index is 14.4. The van der Waals surface area contributed by atoms with Crippen molar-refractivity contribution in [2.24, 2.45) is 29.1 Å². The third-order valence-electron chi connectivity index (χ3n) is 13.3. The molecule has 0 radical (unpaired) electrons. The van der Waals surface area contributed by atoms with Crippen LogP contribution in [0.1, 0.15) is 122 Å². The van der Waals surface area contributed by atoms with Crippen LogP contribution in [0.25, 0.3) is 0 Å². The SMILES string of the molecule is CC[C@H]1NC(=O)[C@H](C)[C@@H](O[C@H]2C[C@@](C)(OC)C[C@H](C)O2)[C@H](C)[C@@H](O[C@@H]2O[C@H](C)C[C@H](N(C)C(C)C)[C@H]2O)[C@]2(C)C[C@@H](C)[C@@H](O2)[C@H](C)[C@@H](O)C1(C)C.O. The molecule has 1 amide bonds. The fourth-order valence-corrected chi connectivity index (χ4v) is 9.96. The molecule has 0 unspecified atom stereocenters. The number of carbonyl (C=O) groups excluding carboxylic acids is 1. The molecule has 4 aliphatic rings. The number of carbonyl (C=O) groups is 1. The van der Waals surface area contributed by atoms with Crippen molar-refractivity contribution in [2.45, 2.75) is 207 Å². The Kier molecular flexibility index (Phi) is 15.3. The van der Waals surface area contributed by atoms with Crippen LogP contribution in [0.2, 0.25) is 0 Å². The Bertz CT molecular complexity index is 1160. The van der Waals surface area contributed by atoms with Gasteiger partial charge in [-0.1, -0.05) is 48.5 Å². The fraction of sp³-hybridized carbons (Fsp3) is 0.975. The van der Waals surface area contributed by atoms with Gasteiger partial charge >= 0.3 is 0 Å². The van der Waals surface area contributed by atoms with Gasteiger partial charge in [0.2, 0.25) is 5.91 Å². The number of fused-ring (bicyclic) bond motifs is 2. The minimum absolute atomic E-state index is 0. The Morgan fingerprint density at radius 3 is 2.15 bits per heavy atom. The summed E-state index contributed by atoms with van der Waals surface area (Å²) in [6.45, 7) is 26.7. The van der Waals surface area contributed by atoms with Crippen LogP contribution in [0.5, 0.6) is 0 Å². The van der Waals surface area contributed by atoms with E-state index in [4.69, 9.17) is 28.4 Å². The summed E-state index contributed by atoms with van der Waals surface area (Å²) in [6, 6.07) is -0.243. The molecule has 4 saturated heterocycles. The van der Waals surface area contributed by atoms with E-state index in [1.807, 2.05) is 48.6 Å². The van der Waals surface area contributed by atoms with Crippen molar-refractivity contribution >= 4 is 5.91 Å². The number of nitrogens with one attached hydrogen (secondary N) is 1. The molecule has 4 fully saturated rings. The van der Waals surface area contributed by atoms with Crippen molar-refractivity contribution in [2.75, 3.05) is 14.2 Å². The summed E-state index contributed by atoms with van der Waals surface area (Å²) in [5.74, 6) is -1.33. The van der Waals surface area contributed by atoms with Crippen molar-refractivity contribution in [1.29, 1.82) is 0 Å². The number of ether oxygens (including phenoxy) is 6. The number of aliphatic hydroxyl groups excluding tert-OH is 2. The fourth-order valence-electron chi connectivity index (χ4n) is 9.96. The maximum Gasteiger partial charge on any atom is 0.225 e. The Labute approximate surface area is 314 Å². The zero-order valence-corrected chi connectivity index (χ0v) is 35.0. The molecule has 12 heteroatoms. The molecule has 0 saturated carbocycles. The van der Waals surface area contributed by atoms with E-state index in [1.165, 1.54) is 0 Å². The van der Waals surface area contributed by atoms with Crippen LogP contribution in [-0.4, -0.2) is 125 Å². The van der Waals surface area contributed by atoms with Gasteiger partial charge in [0.05, 0.1) is 53.7 Å². The van der Waals surface area contributed by atoms with Gasteiger partial charge in [-0.15, -0.1) is 0 Å². The second kappa shape index (κ2) is 17.5. The predicted molar refractivity (Wildman–Crippen MR) is 201 cm³/mol. The van der Waals surface area contributed by atoms with Gasteiger partial charge in [-0.3, -0.25) is 9.69 Å². The number of amides is 1. The van der Waals surface area contributed by atoms with Crippen molar-refractivity contribution in [3.05, 3.63) is 0 Å². The van der Waals surface area contributed by atoms with E-state index < -0.39 is 65.4 Å². The number of aliphatic hydroxyl groups is 2. The lowest BCUT2D eigenvalue weighted by molar-refractivity contribution is -0.312. The molecule has 306 valence electrons. The monoisotopic (exact) mass is 745 g/mol. The lowest BCUT2D eigenvalue weighted by atomic mass is 9.70. The zero-order chi connectivity index (χ0) is 38.4. The highest BCUT2D eigenvalue weighted by Crippen LogP contribution is 2.48. The Hall–Kier alpha value is -0.930. The van der Waals surface area contributed by atoms with E-state index in [9.17, 15) is 15.0 Å². The molecule has 0 aromatic rings. The first-order valence-corrected chi connectivity index (χ1v) is 19.8. The number of nitrogens with zero attached hydrogens (tertiary/aromatic N) is 1. The van der Waals surface area contributed by atoms with Gasteiger partial charge in [0, 0.05) is 55.3 Å². The van der Waals surface area contributed by atoms with Crippen LogP contribution in [0.3, 0.4) is 0 Å². The largest absolute Gasteiger partial charge is 0.412 e. The number of hydrogen-bond donors (Lipinski definition) is 3. The van der Waals surface area contributed by atoms with Gasteiger partial charge in [0.1, 0.15) is 6.10 Å². The third-order valence-corrected chi connectivity index (χ3v) is 13.3. The second-order valence-electron chi connectivity index (χ2n) is 18.3. The standard InChI is InChI=1S/C40H74N2O9.H2O/c1-16-29-38(10,11)34(44)25(7)32-22(4)18-40(13,51-32)35(50-37-31(43)28(17-23(5)48-37)42(14)21(2)3)26(8)33(27(9)36(45)41-29)49-30-20-39(12,46-15)19-24(6)47-30;/h21-35,37,43-44H,16-20H2,1-15H3,(H,41,45);1H2/t22-,23-,24+,25+,26+,27-,28+,29-,30+,31-,32-,33+,34-,35-,37+,39+,40+;/m1./s1. The summed E-state index contributed by atoms with van der Waals surface area (Å²) in [4.78, 5) is 16.6. The van der Waals surface area contributed by atoms with Crippen LogP contribution >= 0.6 is 0 Å². The van der Waals surface area contributed by atoms with Crippen LogP contribution < -0.4 is 5.32 Å². The minimum atomic E-state index is -0.934. The highest BCUT2D eigenvalue weighted by atomic mass is 16.7. The third kappa shape index (κ3) is 9.36. The summed E-state index contributed by atoms with van der Waals surface area (Å²) in [7, 11) is 3.75. The maximum atomic E-state index is 14.4. The van der Waals surface area contributed by atoms with E-state index in [0.717, 1.165) is 6.42 Å². The summed E-state index contributed by atoms with van der Waals surface area (Å²) < 4.78 is 39.9. The van der Waals surface area contributed by atoms with Crippen molar-refractivity contribution in [3.63, 3.8) is 0 Å². The normalized spacial score (nSPS) is 47.6. The summed E-state index contributed by atoms with van der Waals surface area (Å²) in [5.41, 5.74) is -1.95. The average Bonchev–Trinajstić information content (AvgIpc) is 3.37. The summed E-state index contributed by atoms with van der Waals surface area (Å²) in [6.07, 6.45) is -1.87. The van der Waals surface area contributed by atoms with E-state index in [2.05, 4.69) is 58.7 Å². The van der Waals surface area contributed by atoms with Crippen LogP contribution in [0.4, 0.5) is 0 Å². The van der Waals surface area contributed by atoms with Gasteiger partial charge in [-0.25, -0.2) is 0 Å². The highest BCUT2D eigenvalue weighted by molar-refractivity contribution is 5.79. The molecular formula is C40H76N2O10. The average molecular weight is 745 g/mol. The zero-order valence-electron chi connectivity index (χ0n) is 35.0. The number of hydrogen-bond acceptors (Lipinski definition) is 10. The van der Waals surface area contributed by atoms with Gasteiger partial charge in [0.15, 0.2) is 12.6 Å². The van der Waals surface area contributed by atoms with E-state index in [1.54, 1.807) is 7.11 Å². The van der Waals surface area contributed by atoms with Gasteiger partial charge in [-0.05, 0) is 73.8 Å². The highest BCUT2D eigenvalue weighted by Gasteiger charge is 2.57. The van der Waals surface area contributed by atoms with Gasteiger partial charge in [0.25, 0.3) is 0 Å². The molecule has 12 nitrogen and oxygen atoms in total. The molecule has 52 heavy (non-hydrogen) atoms. The molecule has 0 aromatic carbocycles. The quantitative estimate of drug-likeness (QED) is 0.324. The molecule has 4 heterocycles. The Morgan fingerprint density at radius 1 is 0.942 bits per heavy atom. The first-order chi connectivity index (χ1) is 23.6. The van der Waals surface area contributed by atoms with Crippen molar-refractivity contribution < 1.29 is 48.9 Å². The summed E-state index contributed by atoms with van der Waals surface area (Å²) in [5, 5.41) is 27.2. The molecule has 17 atom stereocenters. The molecule has 0 spiro atoms. The predicted octanol–water partition coefficient (Wildman–Crippen LogP) is 4.45. The van der Waals surface area contributed by atoms with Crippen LogP contribution in [-0.2, 0) is 33.2 Å². The van der Waals surface area contributed by atoms with Crippen molar-refractivity contribution in [1.82, 2.24) is 10.2 Å². The van der Waals surface area contributed by atoms with Crippen LogP contribution in [0.15, 0.2) is 0 Å². The van der Waals surface area contributed by atoms with Gasteiger partial charge in [-0.2, -0.15) is 0 Å². The van der Waals surface area contributed by atoms with E-state index >= 15 is 0 Å². The molecule has 2 bridgehead atoms. The van der Waals surface area contributed by atoms with Crippen molar-refractivity contribution in [3.8, 4) is 0 Å². The van der Waals surface area contributed by atoms with Gasteiger partial charge < -0.3 is 49.4 Å². The first-order valence-electron chi connectivity index (χ1n) is 19.8. The molecule has 0 aromatic heterocycles. The molecular weight excluding hydrogens is 668 g/mol. The molecule has 5 N–H and O–H groups in total.